The van der Waals surface area contributed by atoms with Gasteiger partial charge in [0.25, 0.3) is 0 Å². The van der Waals surface area contributed by atoms with Crippen molar-refractivity contribution >= 4 is 11.6 Å². The molecule has 0 radical (unpaired) electrons. The van der Waals surface area contributed by atoms with E-state index in [0.717, 1.165) is 24.2 Å². The lowest BCUT2D eigenvalue weighted by molar-refractivity contribution is -0.116. The summed E-state index contributed by atoms with van der Waals surface area (Å²) < 4.78 is 1.63. The van der Waals surface area contributed by atoms with Gasteiger partial charge in [-0.2, -0.15) is 5.10 Å². The molecule has 5 nitrogen and oxygen atoms in total. The zero-order valence-corrected chi connectivity index (χ0v) is 10.3. The predicted octanol–water partition coefficient (Wildman–Crippen LogP) is 2.40. The van der Waals surface area contributed by atoms with Crippen LogP contribution in [0.15, 0.2) is 36.9 Å². The summed E-state index contributed by atoms with van der Waals surface area (Å²) in [4.78, 5) is 15.6. The lowest BCUT2D eigenvalue weighted by Gasteiger charge is -2.10. The number of carbonyl (C=O) groups is 1. The van der Waals surface area contributed by atoms with E-state index in [1.165, 1.54) is 6.33 Å². The van der Waals surface area contributed by atoms with Gasteiger partial charge >= 0.3 is 0 Å². The monoisotopic (exact) mass is 244 g/mol. The van der Waals surface area contributed by atoms with Crippen molar-refractivity contribution in [3.05, 3.63) is 36.9 Å². The van der Waals surface area contributed by atoms with Crippen LogP contribution in [-0.4, -0.2) is 20.7 Å². The summed E-state index contributed by atoms with van der Waals surface area (Å²) in [5.41, 5.74) is 1.57. The molecule has 1 heterocycles. The average Bonchev–Trinajstić information content (AvgIpc) is 2.91. The topological polar surface area (TPSA) is 59.8 Å². The molecular weight excluding hydrogens is 228 g/mol. The fourth-order valence-corrected chi connectivity index (χ4v) is 1.66. The van der Waals surface area contributed by atoms with Crippen molar-refractivity contribution in [1.82, 2.24) is 14.8 Å². The van der Waals surface area contributed by atoms with Crippen molar-refractivity contribution < 1.29 is 4.79 Å². The molecule has 0 atom stereocenters. The number of nitrogens with one attached hydrogen (secondary N) is 1. The Morgan fingerprint density at radius 2 is 2.22 bits per heavy atom. The van der Waals surface area contributed by atoms with Gasteiger partial charge in [0.1, 0.15) is 12.7 Å². The van der Waals surface area contributed by atoms with Gasteiger partial charge in [-0.05, 0) is 18.6 Å². The van der Waals surface area contributed by atoms with Crippen LogP contribution in [0.4, 0.5) is 5.69 Å². The molecule has 0 aliphatic carbocycles. The maximum absolute atomic E-state index is 11.7. The van der Waals surface area contributed by atoms with Gasteiger partial charge in [0.05, 0.1) is 11.4 Å². The highest BCUT2D eigenvalue weighted by Gasteiger charge is 2.07. The fourth-order valence-electron chi connectivity index (χ4n) is 1.66. The van der Waals surface area contributed by atoms with Gasteiger partial charge < -0.3 is 5.32 Å². The third-order valence-corrected chi connectivity index (χ3v) is 2.60. The minimum atomic E-state index is 0.0319. The van der Waals surface area contributed by atoms with Crippen LogP contribution in [0.2, 0.25) is 0 Å². The number of para-hydroxylation sites is 2. The number of rotatable bonds is 5. The summed E-state index contributed by atoms with van der Waals surface area (Å²) in [6.07, 6.45) is 5.53. The van der Waals surface area contributed by atoms with Crippen LogP contribution >= 0.6 is 0 Å². The third kappa shape index (κ3) is 2.94. The minimum Gasteiger partial charge on any atom is -0.324 e. The molecule has 0 unspecified atom stereocenters. The number of hydrogen-bond acceptors (Lipinski definition) is 3. The van der Waals surface area contributed by atoms with E-state index >= 15 is 0 Å². The highest BCUT2D eigenvalue weighted by atomic mass is 16.1. The van der Waals surface area contributed by atoms with Crippen molar-refractivity contribution in [3.8, 4) is 5.69 Å². The smallest absolute Gasteiger partial charge is 0.224 e. The Balaban J connectivity index is 2.16. The maximum atomic E-state index is 11.7. The third-order valence-electron chi connectivity index (χ3n) is 2.60. The zero-order chi connectivity index (χ0) is 12.8. The molecule has 0 spiro atoms. The molecule has 1 amide bonds. The number of amides is 1. The van der Waals surface area contributed by atoms with E-state index in [9.17, 15) is 4.79 Å². The molecule has 0 aliphatic rings. The van der Waals surface area contributed by atoms with Crippen LogP contribution < -0.4 is 5.32 Å². The molecule has 2 rings (SSSR count). The quantitative estimate of drug-likeness (QED) is 0.878. The number of nitrogens with zero attached hydrogens (tertiary/aromatic N) is 3. The van der Waals surface area contributed by atoms with Gasteiger partial charge in [0, 0.05) is 6.42 Å². The summed E-state index contributed by atoms with van der Waals surface area (Å²) in [5.74, 6) is 0.0319. The molecule has 1 aromatic carbocycles. The molecule has 5 heteroatoms. The molecule has 1 N–H and O–H groups in total. The van der Waals surface area contributed by atoms with Crippen molar-refractivity contribution in [2.24, 2.45) is 0 Å². The highest BCUT2D eigenvalue weighted by molar-refractivity contribution is 5.92. The summed E-state index contributed by atoms with van der Waals surface area (Å²) in [5, 5.41) is 6.98. The maximum Gasteiger partial charge on any atom is 0.224 e. The molecule has 0 saturated heterocycles. The van der Waals surface area contributed by atoms with Gasteiger partial charge in [0.2, 0.25) is 5.91 Å². The first-order chi connectivity index (χ1) is 8.81. The standard InChI is InChI=1S/C13H16N4O/c1-2-3-8-13(18)16-11-6-4-5-7-12(11)17-10-14-9-15-17/h4-7,9-10H,2-3,8H2,1H3,(H,16,18). The van der Waals surface area contributed by atoms with Gasteiger partial charge in [-0.1, -0.05) is 25.5 Å². The van der Waals surface area contributed by atoms with Crippen LogP contribution in [0.1, 0.15) is 26.2 Å². The Morgan fingerprint density at radius 1 is 1.39 bits per heavy atom. The van der Waals surface area contributed by atoms with Crippen LogP contribution in [-0.2, 0) is 4.79 Å². The predicted molar refractivity (Wildman–Crippen MR) is 69.5 cm³/mol. The van der Waals surface area contributed by atoms with Gasteiger partial charge in [-0.3, -0.25) is 4.79 Å². The number of unbranched alkanes of at least 4 members (excludes halogenated alkanes) is 1. The SMILES string of the molecule is CCCCC(=O)Nc1ccccc1-n1cncn1. The zero-order valence-electron chi connectivity index (χ0n) is 10.3. The molecular formula is C13H16N4O. The number of anilines is 1. The summed E-state index contributed by atoms with van der Waals surface area (Å²) in [7, 11) is 0. The van der Waals surface area contributed by atoms with Crippen molar-refractivity contribution in [2.75, 3.05) is 5.32 Å². The first-order valence-electron chi connectivity index (χ1n) is 6.05. The normalized spacial score (nSPS) is 10.3. The lowest BCUT2D eigenvalue weighted by atomic mass is 10.2. The van der Waals surface area contributed by atoms with Crippen molar-refractivity contribution in [1.29, 1.82) is 0 Å². The lowest BCUT2D eigenvalue weighted by Crippen LogP contribution is -2.13. The number of carbonyl (C=O) groups excluding carboxylic acids is 1. The number of benzene rings is 1. The molecule has 94 valence electrons. The Hall–Kier alpha value is -2.17. The van der Waals surface area contributed by atoms with Crippen LogP contribution in [0.5, 0.6) is 0 Å². The second kappa shape index (κ2) is 5.95. The molecule has 1 aromatic heterocycles. The molecule has 0 aliphatic heterocycles. The summed E-state index contributed by atoms with van der Waals surface area (Å²) in [6, 6.07) is 7.54. The molecule has 0 saturated carbocycles. The number of aromatic nitrogens is 3. The van der Waals surface area contributed by atoms with E-state index in [4.69, 9.17) is 0 Å². The van der Waals surface area contributed by atoms with Crippen molar-refractivity contribution in [3.63, 3.8) is 0 Å². The highest BCUT2D eigenvalue weighted by Crippen LogP contribution is 2.18. The number of hydrogen-bond donors (Lipinski definition) is 1. The van der Waals surface area contributed by atoms with E-state index in [0.29, 0.717) is 6.42 Å². The fraction of sp³-hybridized carbons (Fsp3) is 0.308. The first kappa shape index (κ1) is 12.3. The minimum absolute atomic E-state index is 0.0319. The van der Waals surface area contributed by atoms with Gasteiger partial charge in [0.15, 0.2) is 0 Å². The van der Waals surface area contributed by atoms with E-state index in [1.54, 1.807) is 11.0 Å². The Labute approximate surface area is 106 Å². The second-order valence-corrected chi connectivity index (χ2v) is 4.01. The summed E-state index contributed by atoms with van der Waals surface area (Å²) in [6.45, 7) is 2.07. The van der Waals surface area contributed by atoms with E-state index in [2.05, 4.69) is 22.3 Å². The Morgan fingerprint density at radius 3 is 2.94 bits per heavy atom. The summed E-state index contributed by atoms with van der Waals surface area (Å²) >= 11 is 0. The van der Waals surface area contributed by atoms with E-state index in [1.807, 2.05) is 24.3 Å². The molecule has 2 aromatic rings. The van der Waals surface area contributed by atoms with Crippen molar-refractivity contribution in [2.45, 2.75) is 26.2 Å². The first-order valence-corrected chi connectivity index (χ1v) is 6.05. The van der Waals surface area contributed by atoms with Gasteiger partial charge in [-0.25, -0.2) is 9.67 Å². The van der Waals surface area contributed by atoms with E-state index in [-0.39, 0.29) is 5.91 Å². The van der Waals surface area contributed by atoms with E-state index < -0.39 is 0 Å². The molecule has 18 heavy (non-hydrogen) atoms. The molecule has 0 fully saturated rings. The van der Waals surface area contributed by atoms with Crippen LogP contribution in [0.25, 0.3) is 5.69 Å². The Bertz CT molecular complexity index is 507. The van der Waals surface area contributed by atoms with Crippen LogP contribution in [0.3, 0.4) is 0 Å². The molecule has 0 bridgehead atoms. The second-order valence-electron chi connectivity index (χ2n) is 4.01. The largest absolute Gasteiger partial charge is 0.324 e. The van der Waals surface area contributed by atoms with Gasteiger partial charge in [-0.15, -0.1) is 0 Å². The Kier molecular flexibility index (Phi) is 4.06. The average molecular weight is 244 g/mol. The van der Waals surface area contributed by atoms with Crippen LogP contribution in [0, 0.1) is 0 Å².